The second-order valence-corrected chi connectivity index (χ2v) is 3.47. The fourth-order valence-corrected chi connectivity index (χ4v) is 1.47. The molecule has 1 heterocycles. The molecule has 3 heteroatoms. The van der Waals surface area contributed by atoms with Gasteiger partial charge in [0, 0.05) is 12.1 Å². The first-order chi connectivity index (χ1) is 7.29. The fourth-order valence-electron chi connectivity index (χ4n) is 1.47. The quantitative estimate of drug-likeness (QED) is 0.803. The summed E-state index contributed by atoms with van der Waals surface area (Å²) in [5.74, 6) is 0. The van der Waals surface area contributed by atoms with Gasteiger partial charge >= 0.3 is 0 Å². The maximum absolute atomic E-state index is 5.54. The highest BCUT2D eigenvalue weighted by atomic mass is 14.8. The molecule has 0 fully saturated rings. The van der Waals surface area contributed by atoms with Crippen molar-refractivity contribution in [3.05, 3.63) is 47.9 Å². The highest BCUT2D eigenvalue weighted by Gasteiger charge is 2.00. The summed E-state index contributed by atoms with van der Waals surface area (Å²) in [6.45, 7) is 2.51. The third-order valence-electron chi connectivity index (χ3n) is 2.25. The van der Waals surface area contributed by atoms with Crippen molar-refractivity contribution in [2.45, 2.75) is 13.5 Å². The van der Waals surface area contributed by atoms with Crippen LogP contribution in [0.1, 0.15) is 11.3 Å². The van der Waals surface area contributed by atoms with E-state index in [9.17, 15) is 0 Å². The average Bonchev–Trinajstić information content (AvgIpc) is 2.29. The largest absolute Gasteiger partial charge is 0.325 e. The molecule has 15 heavy (non-hydrogen) atoms. The van der Waals surface area contributed by atoms with Gasteiger partial charge < -0.3 is 5.73 Å². The summed E-state index contributed by atoms with van der Waals surface area (Å²) < 4.78 is 0. The van der Waals surface area contributed by atoms with Gasteiger partial charge in [0.2, 0.25) is 0 Å². The van der Waals surface area contributed by atoms with E-state index in [1.165, 1.54) is 5.56 Å². The van der Waals surface area contributed by atoms with Crippen LogP contribution in [0, 0.1) is 6.92 Å². The first-order valence-corrected chi connectivity index (χ1v) is 4.87. The van der Waals surface area contributed by atoms with E-state index in [0.29, 0.717) is 6.54 Å². The smallest absolute Gasteiger partial charge is 0.116 e. The van der Waals surface area contributed by atoms with Crippen LogP contribution < -0.4 is 5.73 Å². The molecule has 2 aromatic rings. The summed E-state index contributed by atoms with van der Waals surface area (Å²) in [7, 11) is 0. The number of aryl methyl sites for hydroxylation is 1. The lowest BCUT2D eigenvalue weighted by Gasteiger charge is -2.03. The molecule has 0 saturated carbocycles. The molecule has 0 atom stereocenters. The maximum Gasteiger partial charge on any atom is 0.116 e. The number of nitrogens with two attached hydrogens (primary N) is 1. The van der Waals surface area contributed by atoms with Crippen molar-refractivity contribution in [1.29, 1.82) is 0 Å². The molecule has 0 spiro atoms. The Hall–Kier alpha value is -1.74. The molecule has 0 unspecified atom stereocenters. The van der Waals surface area contributed by atoms with Gasteiger partial charge in [0.25, 0.3) is 0 Å². The summed E-state index contributed by atoms with van der Waals surface area (Å²) in [5, 5.41) is 0. The molecule has 0 aliphatic rings. The predicted molar refractivity (Wildman–Crippen MR) is 60.1 cm³/mol. The first-order valence-electron chi connectivity index (χ1n) is 4.87. The van der Waals surface area contributed by atoms with E-state index in [1.807, 2.05) is 18.2 Å². The molecule has 0 radical (unpaired) electrons. The van der Waals surface area contributed by atoms with Gasteiger partial charge in [0.05, 0.1) is 11.4 Å². The van der Waals surface area contributed by atoms with Gasteiger partial charge in [-0.05, 0) is 19.1 Å². The molecule has 0 saturated heterocycles. The van der Waals surface area contributed by atoms with Gasteiger partial charge in [0.15, 0.2) is 0 Å². The lowest BCUT2D eigenvalue weighted by atomic mass is 10.1. The van der Waals surface area contributed by atoms with Crippen molar-refractivity contribution < 1.29 is 0 Å². The molecular weight excluding hydrogens is 186 g/mol. The van der Waals surface area contributed by atoms with Gasteiger partial charge in [-0.3, -0.25) is 0 Å². The third-order valence-corrected chi connectivity index (χ3v) is 2.25. The zero-order valence-corrected chi connectivity index (χ0v) is 8.64. The van der Waals surface area contributed by atoms with Gasteiger partial charge in [-0.2, -0.15) is 0 Å². The van der Waals surface area contributed by atoms with Crippen molar-refractivity contribution in [3.8, 4) is 11.3 Å². The Morgan fingerprint density at radius 1 is 1.20 bits per heavy atom. The highest BCUT2D eigenvalue weighted by molar-refractivity contribution is 5.59. The van der Waals surface area contributed by atoms with E-state index in [4.69, 9.17) is 5.73 Å². The normalized spacial score (nSPS) is 10.3. The zero-order valence-electron chi connectivity index (χ0n) is 8.64. The molecule has 0 amide bonds. The van der Waals surface area contributed by atoms with Crippen molar-refractivity contribution in [3.63, 3.8) is 0 Å². The molecule has 2 N–H and O–H groups in total. The summed E-state index contributed by atoms with van der Waals surface area (Å²) in [6, 6.07) is 10.1. The summed E-state index contributed by atoms with van der Waals surface area (Å²) in [4.78, 5) is 8.30. The van der Waals surface area contributed by atoms with Crippen molar-refractivity contribution >= 4 is 0 Å². The van der Waals surface area contributed by atoms with E-state index in [0.717, 1.165) is 17.0 Å². The van der Waals surface area contributed by atoms with Crippen LogP contribution in [0.5, 0.6) is 0 Å². The van der Waals surface area contributed by atoms with Crippen LogP contribution in [0.3, 0.4) is 0 Å². The monoisotopic (exact) mass is 199 g/mol. The number of benzene rings is 1. The molecule has 0 aliphatic heterocycles. The van der Waals surface area contributed by atoms with E-state index < -0.39 is 0 Å². The minimum atomic E-state index is 0.446. The number of aromatic nitrogens is 2. The van der Waals surface area contributed by atoms with Crippen LogP contribution in [-0.2, 0) is 6.54 Å². The fraction of sp³-hybridized carbons (Fsp3) is 0.167. The number of nitrogens with zero attached hydrogens (tertiary/aromatic N) is 2. The van der Waals surface area contributed by atoms with Crippen LogP contribution in [-0.4, -0.2) is 9.97 Å². The van der Waals surface area contributed by atoms with Gasteiger partial charge in [0.1, 0.15) is 6.33 Å². The van der Waals surface area contributed by atoms with Crippen LogP contribution >= 0.6 is 0 Å². The maximum atomic E-state index is 5.54. The van der Waals surface area contributed by atoms with Crippen LogP contribution in [0.2, 0.25) is 0 Å². The zero-order chi connectivity index (χ0) is 10.7. The standard InChI is InChI=1S/C12H13N3/c1-9-3-2-4-10(5-9)12-6-11(7-13)14-8-15-12/h2-6,8H,7,13H2,1H3. The lowest BCUT2D eigenvalue weighted by molar-refractivity contribution is 0.966. The first kappa shape index (κ1) is 9.80. The predicted octanol–water partition coefficient (Wildman–Crippen LogP) is 1.91. The second-order valence-electron chi connectivity index (χ2n) is 3.47. The van der Waals surface area contributed by atoms with Gasteiger partial charge in [-0.1, -0.05) is 23.8 Å². The number of hydrogen-bond acceptors (Lipinski definition) is 3. The topological polar surface area (TPSA) is 51.8 Å². The Bertz CT molecular complexity index is 466. The van der Waals surface area contributed by atoms with E-state index in [2.05, 4.69) is 29.0 Å². The Kier molecular flexibility index (Phi) is 2.74. The van der Waals surface area contributed by atoms with Crippen molar-refractivity contribution in [2.75, 3.05) is 0 Å². The highest BCUT2D eigenvalue weighted by Crippen LogP contribution is 2.17. The molecule has 2 rings (SSSR count). The Morgan fingerprint density at radius 3 is 2.80 bits per heavy atom. The van der Waals surface area contributed by atoms with Crippen molar-refractivity contribution in [1.82, 2.24) is 9.97 Å². The van der Waals surface area contributed by atoms with Crippen LogP contribution in [0.25, 0.3) is 11.3 Å². The molecule has 0 bridgehead atoms. The number of rotatable bonds is 2. The average molecular weight is 199 g/mol. The summed E-state index contributed by atoms with van der Waals surface area (Å²) >= 11 is 0. The van der Waals surface area contributed by atoms with Gasteiger partial charge in [-0.25, -0.2) is 9.97 Å². The summed E-state index contributed by atoms with van der Waals surface area (Å²) in [6.07, 6.45) is 1.56. The van der Waals surface area contributed by atoms with Crippen molar-refractivity contribution in [2.24, 2.45) is 5.73 Å². The van der Waals surface area contributed by atoms with Gasteiger partial charge in [-0.15, -0.1) is 0 Å². The SMILES string of the molecule is Cc1cccc(-c2cc(CN)ncn2)c1. The van der Waals surface area contributed by atoms with E-state index >= 15 is 0 Å². The molecule has 1 aromatic carbocycles. The Labute approximate surface area is 89.0 Å². The summed E-state index contributed by atoms with van der Waals surface area (Å²) in [5.41, 5.74) is 9.65. The molecule has 1 aromatic heterocycles. The second kappa shape index (κ2) is 4.19. The Balaban J connectivity index is 2.44. The minimum Gasteiger partial charge on any atom is -0.325 e. The lowest BCUT2D eigenvalue weighted by Crippen LogP contribution is -2.00. The Morgan fingerprint density at radius 2 is 2.07 bits per heavy atom. The molecule has 76 valence electrons. The molecule has 0 aliphatic carbocycles. The third kappa shape index (κ3) is 2.19. The number of hydrogen-bond donors (Lipinski definition) is 1. The van der Waals surface area contributed by atoms with Crippen LogP contribution in [0.15, 0.2) is 36.7 Å². The van der Waals surface area contributed by atoms with E-state index in [-0.39, 0.29) is 0 Å². The van der Waals surface area contributed by atoms with Crippen LogP contribution in [0.4, 0.5) is 0 Å². The van der Waals surface area contributed by atoms with E-state index in [1.54, 1.807) is 6.33 Å². The molecule has 3 nitrogen and oxygen atoms in total. The molecular formula is C12H13N3. The minimum absolute atomic E-state index is 0.446.